The average Bonchev–Trinajstić information content (AvgIpc) is 2.54. The number of hydrogen-bond donors (Lipinski definition) is 5. The van der Waals surface area contributed by atoms with Crippen molar-refractivity contribution < 1.29 is 19.9 Å². The summed E-state index contributed by atoms with van der Waals surface area (Å²) in [4.78, 5) is 11.1. The number of hydrogen-bond acceptors (Lipinski definition) is 5. The van der Waals surface area contributed by atoms with Crippen molar-refractivity contribution in [1.29, 1.82) is 0 Å². The quantitative estimate of drug-likeness (QED) is 0.394. The van der Waals surface area contributed by atoms with E-state index < -0.39 is 18.6 Å². The molecule has 17 heavy (non-hydrogen) atoms. The Bertz CT molecular complexity index is 287. The third-order valence-corrected chi connectivity index (χ3v) is 3.73. The summed E-state index contributed by atoms with van der Waals surface area (Å²) in [6, 6.07) is -0.138. The zero-order valence-electron chi connectivity index (χ0n) is 10.0. The van der Waals surface area contributed by atoms with Crippen molar-refractivity contribution in [3.05, 3.63) is 0 Å². The van der Waals surface area contributed by atoms with E-state index in [2.05, 4.69) is 0 Å². The molecule has 1 aliphatic rings. The van der Waals surface area contributed by atoms with Gasteiger partial charge in [-0.25, -0.2) is 0 Å². The first-order valence-electron chi connectivity index (χ1n) is 5.90. The standard InChI is InChI=1S/C10H21BN2O4/c1-6(12)8-5-10(13,9(14)15)4-7(8)2-3-11(16)17/h6-8,16-17H,2-5,12-13H2,1H3,(H,14,15). The fourth-order valence-corrected chi connectivity index (χ4v) is 2.76. The lowest BCUT2D eigenvalue weighted by Crippen LogP contribution is -2.46. The summed E-state index contributed by atoms with van der Waals surface area (Å²) in [5, 5.41) is 26.8. The fourth-order valence-electron chi connectivity index (χ4n) is 2.76. The largest absolute Gasteiger partial charge is 0.480 e. The Hall–Kier alpha value is -0.625. The molecule has 7 heteroatoms. The monoisotopic (exact) mass is 244 g/mol. The summed E-state index contributed by atoms with van der Waals surface area (Å²) in [6.07, 6.45) is 1.47. The minimum absolute atomic E-state index is 0.0230. The predicted molar refractivity (Wildman–Crippen MR) is 64.0 cm³/mol. The third-order valence-electron chi connectivity index (χ3n) is 3.73. The number of aliphatic carboxylic acids is 1. The zero-order valence-corrected chi connectivity index (χ0v) is 10.0. The molecule has 1 fully saturated rings. The van der Waals surface area contributed by atoms with Crippen LogP contribution in [-0.2, 0) is 4.79 Å². The Labute approximate surface area is 101 Å². The van der Waals surface area contributed by atoms with Crippen LogP contribution in [0.15, 0.2) is 0 Å². The number of carboxylic acids is 1. The van der Waals surface area contributed by atoms with Gasteiger partial charge in [0.25, 0.3) is 0 Å². The normalized spacial score (nSPS) is 34.6. The van der Waals surface area contributed by atoms with E-state index in [0.717, 1.165) is 0 Å². The summed E-state index contributed by atoms with van der Waals surface area (Å²) >= 11 is 0. The van der Waals surface area contributed by atoms with Crippen LogP contribution in [0.5, 0.6) is 0 Å². The van der Waals surface area contributed by atoms with Crippen molar-refractivity contribution in [2.24, 2.45) is 23.3 Å². The lowest BCUT2D eigenvalue weighted by molar-refractivity contribution is -0.143. The van der Waals surface area contributed by atoms with E-state index in [1.54, 1.807) is 0 Å². The molecule has 0 spiro atoms. The number of nitrogens with two attached hydrogens (primary N) is 2. The Morgan fingerprint density at radius 3 is 2.53 bits per heavy atom. The molecule has 98 valence electrons. The van der Waals surface area contributed by atoms with Crippen molar-refractivity contribution in [3.8, 4) is 0 Å². The highest BCUT2D eigenvalue weighted by atomic mass is 16.4. The van der Waals surface area contributed by atoms with E-state index in [1.807, 2.05) is 6.92 Å². The zero-order chi connectivity index (χ0) is 13.2. The topological polar surface area (TPSA) is 130 Å². The number of carbonyl (C=O) groups is 1. The Morgan fingerprint density at radius 1 is 1.53 bits per heavy atom. The smallest absolute Gasteiger partial charge is 0.451 e. The van der Waals surface area contributed by atoms with Crippen molar-refractivity contribution >= 4 is 13.1 Å². The summed E-state index contributed by atoms with van der Waals surface area (Å²) in [6.45, 7) is 1.83. The van der Waals surface area contributed by atoms with Crippen molar-refractivity contribution in [2.45, 2.75) is 44.1 Å². The molecular weight excluding hydrogens is 223 g/mol. The van der Waals surface area contributed by atoms with Gasteiger partial charge in [0.2, 0.25) is 0 Å². The van der Waals surface area contributed by atoms with E-state index >= 15 is 0 Å². The van der Waals surface area contributed by atoms with Gasteiger partial charge in [-0.3, -0.25) is 4.79 Å². The lowest BCUT2D eigenvalue weighted by atomic mass is 9.77. The molecule has 0 heterocycles. The SMILES string of the molecule is CC(N)C1CC(N)(C(=O)O)CC1CCB(O)O. The molecule has 1 saturated carbocycles. The summed E-state index contributed by atoms with van der Waals surface area (Å²) < 4.78 is 0. The molecule has 7 N–H and O–H groups in total. The van der Waals surface area contributed by atoms with E-state index in [0.29, 0.717) is 19.3 Å². The van der Waals surface area contributed by atoms with Crippen molar-refractivity contribution in [3.63, 3.8) is 0 Å². The van der Waals surface area contributed by atoms with Gasteiger partial charge < -0.3 is 26.6 Å². The molecular formula is C10H21BN2O4. The first-order chi connectivity index (χ1) is 7.76. The van der Waals surface area contributed by atoms with Gasteiger partial charge in [0.1, 0.15) is 5.54 Å². The minimum Gasteiger partial charge on any atom is -0.480 e. The Balaban J connectivity index is 2.70. The maximum atomic E-state index is 11.1. The molecule has 0 saturated heterocycles. The maximum Gasteiger partial charge on any atom is 0.451 e. The van der Waals surface area contributed by atoms with E-state index in [-0.39, 0.29) is 24.2 Å². The fraction of sp³-hybridized carbons (Fsp3) is 0.900. The molecule has 0 aromatic heterocycles. The van der Waals surface area contributed by atoms with Gasteiger partial charge in [0.15, 0.2) is 0 Å². The first kappa shape index (κ1) is 14.4. The van der Waals surface area contributed by atoms with Gasteiger partial charge in [-0.2, -0.15) is 0 Å². The summed E-state index contributed by atoms with van der Waals surface area (Å²) in [7, 11) is -1.36. The Morgan fingerprint density at radius 2 is 2.12 bits per heavy atom. The molecule has 0 bridgehead atoms. The van der Waals surface area contributed by atoms with Crippen LogP contribution < -0.4 is 11.5 Å². The molecule has 6 nitrogen and oxygen atoms in total. The third kappa shape index (κ3) is 3.42. The summed E-state index contributed by atoms with van der Waals surface area (Å²) in [5.41, 5.74) is 10.5. The van der Waals surface area contributed by atoms with Gasteiger partial charge in [0.05, 0.1) is 0 Å². The van der Waals surface area contributed by atoms with Crippen LogP contribution in [0.1, 0.15) is 26.2 Å². The highest BCUT2D eigenvalue weighted by molar-refractivity contribution is 6.40. The van der Waals surface area contributed by atoms with E-state index in [9.17, 15) is 4.79 Å². The van der Waals surface area contributed by atoms with E-state index in [4.69, 9.17) is 26.6 Å². The van der Waals surface area contributed by atoms with Crippen LogP contribution in [0.2, 0.25) is 6.32 Å². The lowest BCUT2D eigenvalue weighted by Gasteiger charge is -2.22. The van der Waals surface area contributed by atoms with E-state index in [1.165, 1.54) is 0 Å². The Kier molecular flexibility index (Phi) is 4.54. The molecule has 0 aromatic rings. The molecule has 0 aliphatic heterocycles. The van der Waals surface area contributed by atoms with Gasteiger partial charge >= 0.3 is 13.1 Å². The van der Waals surface area contributed by atoms with Crippen molar-refractivity contribution in [2.75, 3.05) is 0 Å². The molecule has 0 radical (unpaired) electrons. The second-order valence-corrected chi connectivity index (χ2v) is 5.21. The molecule has 0 aromatic carbocycles. The molecule has 4 atom stereocenters. The van der Waals surface area contributed by atoms with Gasteiger partial charge in [0, 0.05) is 6.04 Å². The number of rotatable bonds is 5. The van der Waals surface area contributed by atoms with Gasteiger partial charge in [-0.15, -0.1) is 0 Å². The molecule has 1 rings (SSSR count). The average molecular weight is 244 g/mol. The first-order valence-corrected chi connectivity index (χ1v) is 5.90. The molecule has 1 aliphatic carbocycles. The highest BCUT2D eigenvalue weighted by Gasteiger charge is 2.48. The molecule has 0 amide bonds. The molecule has 4 unspecified atom stereocenters. The second-order valence-electron chi connectivity index (χ2n) is 5.21. The van der Waals surface area contributed by atoms with Crippen LogP contribution in [0, 0.1) is 11.8 Å². The van der Waals surface area contributed by atoms with Crippen LogP contribution in [0.4, 0.5) is 0 Å². The van der Waals surface area contributed by atoms with Gasteiger partial charge in [-0.05, 0) is 37.9 Å². The predicted octanol–water partition coefficient (Wildman–Crippen LogP) is -0.995. The maximum absolute atomic E-state index is 11.1. The van der Waals surface area contributed by atoms with Crippen LogP contribution in [-0.4, -0.2) is 39.8 Å². The summed E-state index contributed by atoms with van der Waals surface area (Å²) in [5.74, 6) is -0.942. The van der Waals surface area contributed by atoms with Crippen LogP contribution in [0.3, 0.4) is 0 Å². The number of carboxylic acid groups (broad SMARTS) is 1. The van der Waals surface area contributed by atoms with Crippen LogP contribution in [0.25, 0.3) is 0 Å². The van der Waals surface area contributed by atoms with Crippen molar-refractivity contribution in [1.82, 2.24) is 0 Å². The van der Waals surface area contributed by atoms with Gasteiger partial charge in [-0.1, -0.05) is 6.42 Å². The second kappa shape index (κ2) is 5.35. The van der Waals surface area contributed by atoms with Crippen LogP contribution >= 0.6 is 0 Å². The minimum atomic E-state index is -1.36. The highest BCUT2D eigenvalue weighted by Crippen LogP contribution is 2.42.